The zero-order valence-electron chi connectivity index (χ0n) is 20.8. The molecular formula is C24H36N2O7Si. The van der Waals surface area contributed by atoms with Gasteiger partial charge in [0.1, 0.15) is 19.1 Å². The maximum atomic E-state index is 13.2. The van der Waals surface area contributed by atoms with E-state index >= 15 is 0 Å². The number of rotatable bonds is 9. The summed E-state index contributed by atoms with van der Waals surface area (Å²) >= 11 is 0. The van der Waals surface area contributed by atoms with Gasteiger partial charge in [0.05, 0.1) is 43.6 Å². The fourth-order valence-electron chi connectivity index (χ4n) is 3.61. The number of imide groups is 1. The molecule has 3 rings (SSSR count). The first-order valence-corrected chi connectivity index (χ1v) is 14.6. The summed E-state index contributed by atoms with van der Waals surface area (Å²) in [5, 5.41) is 2.76. The van der Waals surface area contributed by atoms with Gasteiger partial charge in [-0.2, -0.15) is 0 Å². The van der Waals surface area contributed by atoms with E-state index in [2.05, 4.69) is 39.2 Å². The van der Waals surface area contributed by atoms with Crippen molar-refractivity contribution in [3.8, 4) is 5.75 Å². The smallest absolute Gasteiger partial charge is 0.265 e. The van der Waals surface area contributed by atoms with Crippen LogP contribution in [0.25, 0.3) is 0 Å². The van der Waals surface area contributed by atoms with E-state index in [0.29, 0.717) is 37.6 Å². The zero-order valence-corrected chi connectivity index (χ0v) is 21.8. The lowest BCUT2D eigenvalue weighted by Gasteiger charge is -2.36. The average molecular weight is 493 g/mol. The normalized spacial score (nSPS) is 19.5. The van der Waals surface area contributed by atoms with Crippen LogP contribution < -0.4 is 10.1 Å². The Morgan fingerprint density at radius 1 is 1.09 bits per heavy atom. The third-order valence-corrected chi connectivity index (χ3v) is 11.2. The van der Waals surface area contributed by atoms with Crippen LogP contribution >= 0.6 is 0 Å². The molecule has 1 aromatic carbocycles. The van der Waals surface area contributed by atoms with Gasteiger partial charge in [0, 0.05) is 6.42 Å². The van der Waals surface area contributed by atoms with Crippen LogP contribution in [-0.2, 0) is 18.7 Å². The average Bonchev–Trinajstić information content (AvgIpc) is 3.01. The summed E-state index contributed by atoms with van der Waals surface area (Å²) in [5.74, 6) is -0.628. The third kappa shape index (κ3) is 6.04. The summed E-state index contributed by atoms with van der Waals surface area (Å²) < 4.78 is 23.0. The number of hydrogen-bond donors (Lipinski definition) is 1. The predicted octanol–water partition coefficient (Wildman–Crippen LogP) is 2.95. The molecular weight excluding hydrogens is 456 g/mol. The Balaban J connectivity index is 1.53. The predicted molar refractivity (Wildman–Crippen MR) is 128 cm³/mol. The van der Waals surface area contributed by atoms with Crippen LogP contribution in [0.3, 0.4) is 0 Å². The molecule has 2 aliphatic heterocycles. The molecule has 10 heteroatoms. The Morgan fingerprint density at radius 3 is 2.56 bits per heavy atom. The number of benzene rings is 1. The molecule has 2 aliphatic rings. The lowest BCUT2D eigenvalue weighted by atomic mass is 10.1. The van der Waals surface area contributed by atoms with Gasteiger partial charge in [0.15, 0.2) is 8.32 Å². The molecule has 0 radical (unpaired) electrons. The highest BCUT2D eigenvalue weighted by Gasteiger charge is 2.42. The number of ether oxygens (including phenoxy) is 3. The first kappa shape index (κ1) is 26.3. The molecule has 0 aromatic heterocycles. The van der Waals surface area contributed by atoms with E-state index in [1.54, 1.807) is 18.2 Å². The molecule has 0 aliphatic carbocycles. The molecule has 0 bridgehead atoms. The number of carbonyl (C=O) groups is 3. The minimum atomic E-state index is -1.80. The monoisotopic (exact) mass is 492 g/mol. The topological polar surface area (TPSA) is 103 Å². The Kier molecular flexibility index (Phi) is 8.50. The van der Waals surface area contributed by atoms with Crippen molar-refractivity contribution in [2.45, 2.75) is 57.8 Å². The number of fused-ring (bicyclic) bond motifs is 1. The van der Waals surface area contributed by atoms with E-state index in [1.807, 2.05) is 0 Å². The number of nitrogens with one attached hydrogen (secondary N) is 1. The molecule has 9 nitrogen and oxygen atoms in total. The SMILES string of the molecule is CC(C)(C)[Si](C)(C)OCCOCCOc1cccc2c1C(=O)N(C1CCC(=O)NCOC1)C2=O. The number of nitrogens with zero attached hydrogens (tertiary/aromatic N) is 1. The third-order valence-electron chi connectivity index (χ3n) is 6.64. The van der Waals surface area contributed by atoms with Gasteiger partial charge in [-0.05, 0) is 36.7 Å². The van der Waals surface area contributed by atoms with Crippen LogP contribution in [0, 0.1) is 0 Å². The van der Waals surface area contributed by atoms with Crippen molar-refractivity contribution in [1.29, 1.82) is 0 Å². The largest absolute Gasteiger partial charge is 0.490 e. The molecule has 1 aromatic rings. The van der Waals surface area contributed by atoms with E-state index in [-0.39, 0.29) is 48.8 Å². The summed E-state index contributed by atoms with van der Waals surface area (Å²) in [6.07, 6.45) is 0.569. The number of amides is 3. The first-order valence-electron chi connectivity index (χ1n) is 11.7. The Hall–Kier alpha value is -2.27. The molecule has 1 atom stereocenters. The molecule has 0 saturated carbocycles. The second-order valence-corrected chi connectivity index (χ2v) is 14.8. The van der Waals surface area contributed by atoms with Crippen LogP contribution in [0.15, 0.2) is 18.2 Å². The second-order valence-electron chi connectivity index (χ2n) is 10.0. The quantitative estimate of drug-likeness (QED) is 0.321. The van der Waals surface area contributed by atoms with E-state index in [1.165, 1.54) is 4.90 Å². The minimum absolute atomic E-state index is 0.0633. The van der Waals surface area contributed by atoms with Gasteiger partial charge >= 0.3 is 0 Å². The van der Waals surface area contributed by atoms with Gasteiger partial charge in [-0.15, -0.1) is 0 Å². The molecule has 3 amide bonds. The standard InChI is InChI=1S/C24H36N2O7Si/c1-24(2,3)34(4,5)33-14-12-30-11-13-32-19-8-6-7-18-21(19)23(29)26(22(18)28)17-9-10-20(27)25-16-31-15-17/h6-8,17H,9-16H2,1-5H3,(H,25,27). The van der Waals surface area contributed by atoms with Gasteiger partial charge in [0.2, 0.25) is 5.91 Å². The van der Waals surface area contributed by atoms with Crippen molar-refractivity contribution >= 4 is 26.0 Å². The van der Waals surface area contributed by atoms with E-state index < -0.39 is 20.3 Å². The molecule has 1 fully saturated rings. The molecule has 188 valence electrons. The Labute approximate surface area is 202 Å². The lowest BCUT2D eigenvalue weighted by molar-refractivity contribution is -0.124. The fraction of sp³-hybridized carbons (Fsp3) is 0.625. The summed E-state index contributed by atoms with van der Waals surface area (Å²) in [6.45, 7) is 12.8. The highest BCUT2D eigenvalue weighted by atomic mass is 28.4. The first-order chi connectivity index (χ1) is 16.0. The maximum Gasteiger partial charge on any atom is 0.265 e. The van der Waals surface area contributed by atoms with E-state index in [0.717, 1.165) is 0 Å². The van der Waals surface area contributed by atoms with Gasteiger partial charge in [-0.1, -0.05) is 26.8 Å². The highest BCUT2D eigenvalue weighted by molar-refractivity contribution is 6.74. The summed E-state index contributed by atoms with van der Waals surface area (Å²) in [5.41, 5.74) is 0.554. The van der Waals surface area contributed by atoms with Crippen LogP contribution in [-0.4, -0.2) is 76.7 Å². The summed E-state index contributed by atoms with van der Waals surface area (Å²) in [4.78, 5) is 39.1. The summed E-state index contributed by atoms with van der Waals surface area (Å²) in [7, 11) is -1.80. The van der Waals surface area contributed by atoms with Gasteiger partial charge in [0.25, 0.3) is 11.8 Å². The molecule has 1 unspecified atom stereocenters. The fourth-order valence-corrected chi connectivity index (χ4v) is 4.64. The van der Waals surface area contributed by atoms with E-state index in [9.17, 15) is 14.4 Å². The Morgan fingerprint density at radius 2 is 1.82 bits per heavy atom. The Bertz CT molecular complexity index is 913. The minimum Gasteiger partial charge on any atom is -0.490 e. The molecule has 0 spiro atoms. The molecule has 1 N–H and O–H groups in total. The van der Waals surface area contributed by atoms with Crippen molar-refractivity contribution in [1.82, 2.24) is 10.2 Å². The lowest BCUT2D eigenvalue weighted by Crippen LogP contribution is -2.45. The van der Waals surface area contributed by atoms with Gasteiger partial charge in [-0.3, -0.25) is 19.3 Å². The molecule has 1 saturated heterocycles. The van der Waals surface area contributed by atoms with Gasteiger partial charge in [-0.25, -0.2) is 0 Å². The number of carbonyl (C=O) groups excluding carboxylic acids is 3. The molecule has 34 heavy (non-hydrogen) atoms. The van der Waals surface area contributed by atoms with Crippen LogP contribution in [0.2, 0.25) is 18.1 Å². The van der Waals surface area contributed by atoms with Crippen LogP contribution in [0.5, 0.6) is 5.75 Å². The number of hydrogen-bond acceptors (Lipinski definition) is 7. The summed E-state index contributed by atoms with van der Waals surface area (Å²) in [6, 6.07) is 4.48. The van der Waals surface area contributed by atoms with Crippen molar-refractivity contribution in [3.05, 3.63) is 29.3 Å². The van der Waals surface area contributed by atoms with E-state index in [4.69, 9.17) is 18.6 Å². The van der Waals surface area contributed by atoms with Crippen LogP contribution in [0.4, 0.5) is 0 Å². The van der Waals surface area contributed by atoms with Crippen molar-refractivity contribution in [2.75, 3.05) is 39.8 Å². The highest BCUT2D eigenvalue weighted by Crippen LogP contribution is 2.36. The maximum absolute atomic E-state index is 13.2. The second kappa shape index (κ2) is 11.0. The molecule has 2 heterocycles. The van der Waals surface area contributed by atoms with Crippen LogP contribution in [0.1, 0.15) is 54.3 Å². The van der Waals surface area contributed by atoms with Gasteiger partial charge < -0.3 is 24.0 Å². The zero-order chi connectivity index (χ0) is 24.9. The van der Waals surface area contributed by atoms with Crippen molar-refractivity contribution in [2.24, 2.45) is 0 Å². The van der Waals surface area contributed by atoms with Crippen molar-refractivity contribution in [3.63, 3.8) is 0 Å². The van der Waals surface area contributed by atoms with Crippen molar-refractivity contribution < 1.29 is 33.0 Å².